The molecule has 4 heteroatoms. The molecule has 1 atom stereocenters. The lowest BCUT2D eigenvalue weighted by atomic mass is 9.67. The quantitative estimate of drug-likeness (QED) is 0.883. The van der Waals surface area contributed by atoms with Gasteiger partial charge >= 0.3 is 5.97 Å². The lowest BCUT2D eigenvalue weighted by Gasteiger charge is -2.30. The number of carbonyl (C=O) groups is 3. The number of ketones is 2. The third-order valence-corrected chi connectivity index (χ3v) is 4.38. The largest absolute Gasteiger partial charge is 0.481 e. The minimum atomic E-state index is -1.68. The molecule has 0 spiro atoms. The van der Waals surface area contributed by atoms with Gasteiger partial charge in [0.2, 0.25) is 0 Å². The molecular formula is C18H14O4. The van der Waals surface area contributed by atoms with E-state index in [9.17, 15) is 19.5 Å². The number of carboxylic acids is 1. The van der Waals surface area contributed by atoms with Crippen LogP contribution in [0.5, 0.6) is 0 Å². The minimum Gasteiger partial charge on any atom is -0.481 e. The molecule has 0 aromatic heterocycles. The molecule has 0 heterocycles. The summed E-state index contributed by atoms with van der Waals surface area (Å²) in [5, 5.41) is 9.48. The van der Waals surface area contributed by atoms with Crippen molar-refractivity contribution in [2.45, 2.75) is 12.3 Å². The highest BCUT2D eigenvalue weighted by Crippen LogP contribution is 2.45. The molecule has 2 aromatic rings. The van der Waals surface area contributed by atoms with E-state index in [0.717, 1.165) is 0 Å². The van der Waals surface area contributed by atoms with Crippen LogP contribution in [0.15, 0.2) is 54.6 Å². The second kappa shape index (κ2) is 4.91. The van der Waals surface area contributed by atoms with Gasteiger partial charge in [0, 0.05) is 11.1 Å². The Labute approximate surface area is 127 Å². The van der Waals surface area contributed by atoms with Crippen molar-refractivity contribution >= 4 is 17.5 Å². The van der Waals surface area contributed by atoms with Gasteiger partial charge < -0.3 is 5.11 Å². The SMILES string of the molecule is C[C@@H](C(=O)O)C1(c2ccccc2)C(=O)c2ccccc2C1=O. The van der Waals surface area contributed by atoms with E-state index in [1.54, 1.807) is 54.6 Å². The summed E-state index contributed by atoms with van der Waals surface area (Å²) >= 11 is 0. The van der Waals surface area contributed by atoms with Crippen molar-refractivity contribution in [3.63, 3.8) is 0 Å². The maximum absolute atomic E-state index is 13.0. The topological polar surface area (TPSA) is 71.4 Å². The van der Waals surface area contributed by atoms with Gasteiger partial charge in [0.1, 0.15) is 5.41 Å². The second-order valence-corrected chi connectivity index (χ2v) is 5.44. The summed E-state index contributed by atoms with van der Waals surface area (Å²) in [5.74, 6) is -3.19. The Balaban J connectivity index is 2.33. The third kappa shape index (κ3) is 1.67. The van der Waals surface area contributed by atoms with E-state index < -0.39 is 28.9 Å². The molecule has 0 bridgehead atoms. The lowest BCUT2D eigenvalue weighted by molar-refractivity contribution is -0.142. The third-order valence-electron chi connectivity index (χ3n) is 4.38. The van der Waals surface area contributed by atoms with Crippen LogP contribution in [0.25, 0.3) is 0 Å². The zero-order chi connectivity index (χ0) is 15.9. The molecule has 0 unspecified atom stereocenters. The fourth-order valence-corrected chi connectivity index (χ4v) is 3.20. The van der Waals surface area contributed by atoms with Crippen LogP contribution in [0.1, 0.15) is 33.2 Å². The maximum atomic E-state index is 13.0. The van der Waals surface area contributed by atoms with Gasteiger partial charge in [0.05, 0.1) is 5.92 Å². The summed E-state index contributed by atoms with van der Waals surface area (Å²) in [6, 6.07) is 15.0. The van der Waals surface area contributed by atoms with Crippen LogP contribution in [-0.2, 0) is 10.2 Å². The fourth-order valence-electron chi connectivity index (χ4n) is 3.20. The smallest absolute Gasteiger partial charge is 0.308 e. The molecule has 4 nitrogen and oxygen atoms in total. The summed E-state index contributed by atoms with van der Waals surface area (Å²) < 4.78 is 0. The first-order valence-electron chi connectivity index (χ1n) is 6.98. The number of hydrogen-bond donors (Lipinski definition) is 1. The first-order chi connectivity index (χ1) is 10.5. The molecule has 0 amide bonds. The van der Waals surface area contributed by atoms with Crippen LogP contribution in [0.3, 0.4) is 0 Å². The molecule has 0 radical (unpaired) electrons. The van der Waals surface area contributed by atoms with E-state index >= 15 is 0 Å². The van der Waals surface area contributed by atoms with Crippen molar-refractivity contribution in [3.8, 4) is 0 Å². The molecule has 1 aliphatic carbocycles. The number of Topliss-reactive ketones (excluding diaryl/α,β-unsaturated/α-hetero) is 2. The van der Waals surface area contributed by atoms with Crippen molar-refractivity contribution in [2.75, 3.05) is 0 Å². The molecule has 1 N–H and O–H groups in total. The van der Waals surface area contributed by atoms with Gasteiger partial charge in [-0.2, -0.15) is 0 Å². The summed E-state index contributed by atoms with van der Waals surface area (Å²) in [7, 11) is 0. The monoisotopic (exact) mass is 294 g/mol. The van der Waals surface area contributed by atoms with Gasteiger partial charge in [-0.3, -0.25) is 14.4 Å². The lowest BCUT2D eigenvalue weighted by Crippen LogP contribution is -2.47. The molecule has 0 saturated heterocycles. The predicted octanol–water partition coefficient (Wildman–Crippen LogP) is 2.72. The first-order valence-corrected chi connectivity index (χ1v) is 6.98. The fraction of sp³-hybridized carbons (Fsp3) is 0.167. The van der Waals surface area contributed by atoms with Gasteiger partial charge in [-0.15, -0.1) is 0 Å². The molecule has 0 fully saturated rings. The maximum Gasteiger partial charge on any atom is 0.308 e. The van der Waals surface area contributed by atoms with Crippen molar-refractivity contribution in [1.29, 1.82) is 0 Å². The van der Waals surface area contributed by atoms with Crippen LogP contribution < -0.4 is 0 Å². The Morgan fingerprint density at radius 1 is 0.909 bits per heavy atom. The number of carboxylic acid groups (broad SMARTS) is 1. The Kier molecular flexibility index (Phi) is 3.17. The van der Waals surface area contributed by atoms with Crippen LogP contribution in [0, 0.1) is 5.92 Å². The zero-order valence-corrected chi connectivity index (χ0v) is 11.9. The van der Waals surface area contributed by atoms with E-state index in [4.69, 9.17) is 0 Å². The van der Waals surface area contributed by atoms with Crippen molar-refractivity contribution in [3.05, 3.63) is 71.3 Å². The average Bonchev–Trinajstić information content (AvgIpc) is 2.77. The molecule has 0 aliphatic heterocycles. The number of rotatable bonds is 3. The molecule has 22 heavy (non-hydrogen) atoms. The average molecular weight is 294 g/mol. The van der Waals surface area contributed by atoms with Crippen LogP contribution in [-0.4, -0.2) is 22.6 Å². The molecule has 110 valence electrons. The summed E-state index contributed by atoms with van der Waals surface area (Å²) in [4.78, 5) is 37.6. The molecule has 1 aliphatic rings. The van der Waals surface area contributed by atoms with Gasteiger partial charge in [0.25, 0.3) is 0 Å². The predicted molar refractivity (Wildman–Crippen MR) is 80.0 cm³/mol. The van der Waals surface area contributed by atoms with Crippen LogP contribution in [0.4, 0.5) is 0 Å². The van der Waals surface area contributed by atoms with Gasteiger partial charge in [-0.05, 0) is 5.56 Å². The van der Waals surface area contributed by atoms with Gasteiger partial charge in [-0.25, -0.2) is 0 Å². The Bertz CT molecular complexity index is 742. The standard InChI is InChI=1S/C18H14O4/c1-11(17(21)22)18(12-7-3-2-4-8-12)15(19)13-9-5-6-10-14(13)16(18)20/h2-11H,1H3,(H,21,22)/t11-/m0/s1. The Morgan fingerprint density at radius 3 is 1.82 bits per heavy atom. The number of hydrogen-bond acceptors (Lipinski definition) is 3. The highest BCUT2D eigenvalue weighted by molar-refractivity contribution is 6.34. The number of aliphatic carboxylic acids is 1. The van der Waals surface area contributed by atoms with Crippen molar-refractivity contribution < 1.29 is 19.5 Å². The minimum absolute atomic E-state index is 0.296. The summed E-state index contributed by atoms with van der Waals surface area (Å²) in [6.07, 6.45) is 0. The Hall–Kier alpha value is -2.75. The number of benzene rings is 2. The van der Waals surface area contributed by atoms with E-state index in [-0.39, 0.29) is 0 Å². The first kappa shape index (κ1) is 14.2. The van der Waals surface area contributed by atoms with Gasteiger partial charge in [0.15, 0.2) is 11.6 Å². The van der Waals surface area contributed by atoms with E-state index in [1.165, 1.54) is 6.92 Å². The van der Waals surface area contributed by atoms with Crippen molar-refractivity contribution in [2.24, 2.45) is 5.92 Å². The van der Waals surface area contributed by atoms with Crippen molar-refractivity contribution in [1.82, 2.24) is 0 Å². The van der Waals surface area contributed by atoms with Gasteiger partial charge in [-0.1, -0.05) is 61.5 Å². The summed E-state index contributed by atoms with van der Waals surface area (Å²) in [5.41, 5.74) is -0.665. The normalized spacial score (nSPS) is 17.1. The highest BCUT2D eigenvalue weighted by atomic mass is 16.4. The number of carbonyl (C=O) groups excluding carboxylic acids is 2. The second-order valence-electron chi connectivity index (χ2n) is 5.44. The molecule has 2 aromatic carbocycles. The number of fused-ring (bicyclic) bond motifs is 1. The van der Waals surface area contributed by atoms with E-state index in [2.05, 4.69) is 0 Å². The van der Waals surface area contributed by atoms with E-state index in [1.807, 2.05) is 0 Å². The molecular weight excluding hydrogens is 280 g/mol. The molecule has 3 rings (SSSR count). The highest BCUT2D eigenvalue weighted by Gasteiger charge is 2.59. The van der Waals surface area contributed by atoms with E-state index in [0.29, 0.717) is 16.7 Å². The van der Waals surface area contributed by atoms with Crippen LogP contribution in [0.2, 0.25) is 0 Å². The molecule has 0 saturated carbocycles. The van der Waals surface area contributed by atoms with Crippen LogP contribution >= 0.6 is 0 Å². The summed E-state index contributed by atoms with van der Waals surface area (Å²) in [6.45, 7) is 1.41. The zero-order valence-electron chi connectivity index (χ0n) is 11.9. The Morgan fingerprint density at radius 2 is 1.36 bits per heavy atom.